The number of aromatic hydroxyl groups is 2. The summed E-state index contributed by atoms with van der Waals surface area (Å²) in [5, 5.41) is 29.3. The third-order valence-electron chi connectivity index (χ3n) is 4.83. The van der Waals surface area contributed by atoms with E-state index in [1.807, 2.05) is 12.1 Å². The predicted molar refractivity (Wildman–Crippen MR) is 109 cm³/mol. The number of benzene rings is 2. The lowest BCUT2D eigenvalue weighted by Gasteiger charge is -2.36. The van der Waals surface area contributed by atoms with Gasteiger partial charge in [0.1, 0.15) is 6.07 Å². The van der Waals surface area contributed by atoms with E-state index in [1.54, 1.807) is 12.1 Å². The SMILES string of the molecule is N#Cc1cc(C(=O)CCN2CCN(c3cccc(Cl)c3Cl)CC2)cc(O)c1O. The summed E-state index contributed by atoms with van der Waals surface area (Å²) < 4.78 is 0. The molecule has 146 valence electrons. The minimum absolute atomic E-state index is 0.115. The van der Waals surface area contributed by atoms with Gasteiger partial charge in [0.05, 0.1) is 21.3 Å². The van der Waals surface area contributed by atoms with E-state index >= 15 is 0 Å². The number of carbonyl (C=O) groups is 1. The molecule has 3 rings (SSSR count). The van der Waals surface area contributed by atoms with Gasteiger partial charge in [0, 0.05) is 44.7 Å². The summed E-state index contributed by atoms with van der Waals surface area (Å²) >= 11 is 12.4. The van der Waals surface area contributed by atoms with Crippen LogP contribution in [0, 0.1) is 11.3 Å². The maximum atomic E-state index is 12.4. The Morgan fingerprint density at radius 1 is 1.14 bits per heavy atom. The van der Waals surface area contributed by atoms with Gasteiger partial charge in [0.25, 0.3) is 0 Å². The van der Waals surface area contributed by atoms with Crippen LogP contribution in [-0.4, -0.2) is 53.6 Å². The van der Waals surface area contributed by atoms with Crippen LogP contribution >= 0.6 is 23.2 Å². The molecule has 2 aromatic rings. The second kappa shape index (κ2) is 8.70. The standard InChI is InChI=1S/C20H19Cl2N3O3/c21-15-2-1-3-16(19(15)22)25-8-6-24(7-9-25)5-4-17(26)13-10-14(12-23)20(28)18(27)11-13/h1-3,10-11,27-28H,4-9H2. The van der Waals surface area contributed by atoms with Crippen molar-refractivity contribution in [3.05, 3.63) is 51.5 Å². The monoisotopic (exact) mass is 419 g/mol. The van der Waals surface area contributed by atoms with Crippen molar-refractivity contribution in [1.82, 2.24) is 4.90 Å². The minimum atomic E-state index is -0.505. The maximum absolute atomic E-state index is 12.4. The van der Waals surface area contributed by atoms with E-state index in [1.165, 1.54) is 12.1 Å². The number of nitriles is 1. The highest BCUT2D eigenvalue weighted by Crippen LogP contribution is 2.33. The number of anilines is 1. The second-order valence-electron chi connectivity index (χ2n) is 6.58. The first-order chi connectivity index (χ1) is 13.4. The zero-order valence-electron chi connectivity index (χ0n) is 15.0. The van der Waals surface area contributed by atoms with Crippen molar-refractivity contribution in [2.75, 3.05) is 37.6 Å². The van der Waals surface area contributed by atoms with Crippen molar-refractivity contribution in [2.45, 2.75) is 6.42 Å². The number of piperazine rings is 1. The Morgan fingerprint density at radius 3 is 2.54 bits per heavy atom. The summed E-state index contributed by atoms with van der Waals surface area (Å²) in [6.07, 6.45) is 0.257. The highest BCUT2D eigenvalue weighted by atomic mass is 35.5. The molecule has 0 saturated carbocycles. The van der Waals surface area contributed by atoms with Crippen LogP contribution in [0.15, 0.2) is 30.3 Å². The van der Waals surface area contributed by atoms with E-state index < -0.39 is 11.5 Å². The lowest BCUT2D eigenvalue weighted by Crippen LogP contribution is -2.47. The van der Waals surface area contributed by atoms with E-state index in [-0.39, 0.29) is 23.3 Å². The molecule has 1 heterocycles. The molecule has 0 aliphatic carbocycles. The summed E-state index contributed by atoms with van der Waals surface area (Å²) in [5.41, 5.74) is 1.01. The van der Waals surface area contributed by atoms with Gasteiger partial charge in [0.15, 0.2) is 17.3 Å². The number of rotatable bonds is 5. The van der Waals surface area contributed by atoms with Crippen LogP contribution in [-0.2, 0) is 0 Å². The van der Waals surface area contributed by atoms with E-state index in [9.17, 15) is 15.0 Å². The van der Waals surface area contributed by atoms with Crippen LogP contribution in [0.5, 0.6) is 11.5 Å². The largest absolute Gasteiger partial charge is 0.504 e. The summed E-state index contributed by atoms with van der Waals surface area (Å²) in [4.78, 5) is 16.8. The lowest BCUT2D eigenvalue weighted by molar-refractivity contribution is 0.0962. The van der Waals surface area contributed by atoms with Crippen LogP contribution in [0.25, 0.3) is 0 Å². The molecule has 1 aliphatic rings. The molecular weight excluding hydrogens is 401 g/mol. The van der Waals surface area contributed by atoms with Crippen molar-refractivity contribution in [1.29, 1.82) is 5.26 Å². The van der Waals surface area contributed by atoms with Gasteiger partial charge in [-0.25, -0.2) is 0 Å². The minimum Gasteiger partial charge on any atom is -0.504 e. The van der Waals surface area contributed by atoms with E-state index in [4.69, 9.17) is 28.5 Å². The average Bonchev–Trinajstić information content (AvgIpc) is 2.70. The summed E-state index contributed by atoms with van der Waals surface area (Å²) in [6, 6.07) is 9.83. The average molecular weight is 420 g/mol. The van der Waals surface area contributed by atoms with E-state index in [0.717, 1.165) is 31.9 Å². The molecule has 2 N–H and O–H groups in total. The van der Waals surface area contributed by atoms with Crippen LogP contribution in [0.3, 0.4) is 0 Å². The van der Waals surface area contributed by atoms with Gasteiger partial charge in [-0.2, -0.15) is 5.26 Å². The third kappa shape index (κ3) is 4.33. The van der Waals surface area contributed by atoms with Gasteiger partial charge < -0.3 is 15.1 Å². The number of Topliss-reactive ketones (excluding diaryl/α,β-unsaturated/α-hetero) is 1. The van der Waals surface area contributed by atoms with E-state index in [2.05, 4.69) is 9.80 Å². The smallest absolute Gasteiger partial charge is 0.175 e. The van der Waals surface area contributed by atoms with E-state index in [0.29, 0.717) is 16.6 Å². The lowest BCUT2D eigenvalue weighted by atomic mass is 10.0. The third-order valence-corrected chi connectivity index (χ3v) is 5.64. The number of phenolic OH excluding ortho intramolecular Hbond substituents is 2. The van der Waals surface area contributed by atoms with Gasteiger partial charge in [-0.15, -0.1) is 0 Å². The fourth-order valence-corrected chi connectivity index (χ4v) is 3.63. The molecule has 1 aliphatic heterocycles. The van der Waals surface area contributed by atoms with Gasteiger partial charge >= 0.3 is 0 Å². The number of hydrogen-bond acceptors (Lipinski definition) is 6. The Labute approximate surface area is 173 Å². The van der Waals surface area contributed by atoms with Gasteiger partial charge in [-0.1, -0.05) is 29.3 Å². The summed E-state index contributed by atoms with van der Waals surface area (Å²) in [5.74, 6) is -1.16. The molecular formula is C20H19Cl2N3O3. The normalized spacial score (nSPS) is 14.7. The number of nitrogens with zero attached hydrogens (tertiary/aromatic N) is 3. The Balaban J connectivity index is 1.56. The molecule has 0 bridgehead atoms. The van der Waals surface area contributed by atoms with Crippen LogP contribution in [0.2, 0.25) is 10.0 Å². The number of ketones is 1. The molecule has 1 fully saturated rings. The van der Waals surface area contributed by atoms with Crippen LogP contribution < -0.4 is 4.90 Å². The highest BCUT2D eigenvalue weighted by molar-refractivity contribution is 6.43. The Kier molecular flexibility index (Phi) is 6.30. The first-order valence-corrected chi connectivity index (χ1v) is 9.57. The molecule has 0 amide bonds. The molecule has 0 spiro atoms. The van der Waals surface area contributed by atoms with Crippen LogP contribution in [0.1, 0.15) is 22.3 Å². The molecule has 8 heteroatoms. The summed E-state index contributed by atoms with van der Waals surface area (Å²) in [6.45, 7) is 3.67. The maximum Gasteiger partial charge on any atom is 0.175 e. The molecule has 1 saturated heterocycles. The molecule has 2 aromatic carbocycles. The molecule has 0 aromatic heterocycles. The fourth-order valence-electron chi connectivity index (χ4n) is 3.22. The Morgan fingerprint density at radius 2 is 1.86 bits per heavy atom. The van der Waals surface area contributed by atoms with Crippen molar-refractivity contribution < 1.29 is 15.0 Å². The zero-order valence-corrected chi connectivity index (χ0v) is 16.5. The second-order valence-corrected chi connectivity index (χ2v) is 7.36. The Bertz CT molecular complexity index is 935. The summed E-state index contributed by atoms with van der Waals surface area (Å²) in [7, 11) is 0. The van der Waals surface area contributed by atoms with Crippen LogP contribution in [0.4, 0.5) is 5.69 Å². The topological polar surface area (TPSA) is 87.8 Å². The number of phenols is 2. The highest BCUT2D eigenvalue weighted by Gasteiger charge is 2.21. The van der Waals surface area contributed by atoms with Crippen molar-refractivity contribution >= 4 is 34.7 Å². The Hall–Kier alpha value is -2.46. The first-order valence-electron chi connectivity index (χ1n) is 8.81. The van der Waals surface area contributed by atoms with Gasteiger partial charge in [0.2, 0.25) is 0 Å². The molecule has 6 nitrogen and oxygen atoms in total. The number of hydrogen-bond donors (Lipinski definition) is 2. The quantitative estimate of drug-likeness (QED) is 0.567. The zero-order chi connectivity index (χ0) is 20.3. The van der Waals surface area contributed by atoms with Crippen molar-refractivity contribution in [3.63, 3.8) is 0 Å². The van der Waals surface area contributed by atoms with Gasteiger partial charge in [-0.3, -0.25) is 9.69 Å². The molecule has 0 atom stereocenters. The fraction of sp³-hybridized carbons (Fsp3) is 0.300. The van der Waals surface area contributed by atoms with Gasteiger partial charge in [-0.05, 0) is 24.3 Å². The molecule has 28 heavy (non-hydrogen) atoms. The van der Waals surface area contributed by atoms with Crippen molar-refractivity contribution in [2.24, 2.45) is 0 Å². The molecule has 0 radical (unpaired) electrons. The first kappa shape index (κ1) is 20.3. The number of carbonyl (C=O) groups excluding carboxylic acids is 1. The number of halogens is 2. The molecule has 0 unspecified atom stereocenters. The van der Waals surface area contributed by atoms with Crippen molar-refractivity contribution in [3.8, 4) is 17.6 Å². The predicted octanol–water partition coefficient (Wildman–Crippen LogP) is 3.67.